The fourth-order valence-corrected chi connectivity index (χ4v) is 3.48. The van der Waals surface area contributed by atoms with E-state index in [4.69, 9.17) is 0 Å². The summed E-state index contributed by atoms with van der Waals surface area (Å²) in [6.45, 7) is 0. The van der Waals surface area contributed by atoms with Crippen molar-refractivity contribution in [1.82, 2.24) is 25.5 Å². The minimum Gasteiger partial charge on any atom is -0.344 e. The Labute approximate surface area is 130 Å². The van der Waals surface area contributed by atoms with E-state index in [2.05, 4.69) is 37.6 Å². The summed E-state index contributed by atoms with van der Waals surface area (Å²) in [6, 6.07) is 8.31. The second kappa shape index (κ2) is 5.34. The molecular formula is C15H13N5OS. The number of nitrogens with one attached hydrogen (secondary N) is 2. The van der Waals surface area contributed by atoms with Crippen molar-refractivity contribution in [2.24, 2.45) is 0 Å². The maximum atomic E-state index is 12.4. The van der Waals surface area contributed by atoms with Gasteiger partial charge in [-0.3, -0.25) is 9.89 Å². The molecule has 1 aliphatic carbocycles. The van der Waals surface area contributed by atoms with E-state index in [9.17, 15) is 4.79 Å². The lowest BCUT2D eigenvalue weighted by molar-refractivity contribution is 0.0932. The van der Waals surface area contributed by atoms with E-state index < -0.39 is 0 Å². The monoisotopic (exact) mass is 311 g/mol. The quantitative estimate of drug-likeness (QED) is 0.777. The smallest absolute Gasteiger partial charge is 0.271 e. The van der Waals surface area contributed by atoms with E-state index in [1.54, 1.807) is 5.38 Å². The first kappa shape index (κ1) is 13.1. The molecule has 1 aliphatic rings. The van der Waals surface area contributed by atoms with Gasteiger partial charge in [0.1, 0.15) is 12.0 Å². The highest BCUT2D eigenvalue weighted by Gasteiger charge is 2.24. The maximum Gasteiger partial charge on any atom is 0.271 e. The molecule has 1 amide bonds. The molecule has 0 saturated heterocycles. The van der Waals surface area contributed by atoms with Crippen molar-refractivity contribution < 1.29 is 4.79 Å². The highest BCUT2D eigenvalue weighted by molar-refractivity contribution is 7.13. The molecule has 1 atom stereocenters. The zero-order valence-electron chi connectivity index (χ0n) is 11.6. The Hall–Kier alpha value is -2.54. The van der Waals surface area contributed by atoms with Crippen LogP contribution in [-0.4, -0.2) is 26.1 Å². The van der Waals surface area contributed by atoms with Crippen LogP contribution in [-0.2, 0) is 6.42 Å². The van der Waals surface area contributed by atoms with Crippen LogP contribution in [0.4, 0.5) is 0 Å². The number of aromatic nitrogens is 4. The number of aromatic amines is 1. The number of thiazole rings is 1. The number of H-pyrrole nitrogens is 1. The van der Waals surface area contributed by atoms with Crippen LogP contribution < -0.4 is 5.32 Å². The number of carbonyl (C=O) groups excluding carboxylic acids is 1. The fraction of sp³-hybridized carbons (Fsp3) is 0.200. The molecule has 3 aromatic rings. The van der Waals surface area contributed by atoms with Gasteiger partial charge in [-0.05, 0) is 24.0 Å². The van der Waals surface area contributed by atoms with Crippen molar-refractivity contribution >= 4 is 17.2 Å². The first-order chi connectivity index (χ1) is 10.8. The topological polar surface area (TPSA) is 83.6 Å². The number of nitrogens with zero attached hydrogens (tertiary/aromatic N) is 3. The standard InChI is InChI=1S/C15H13N5OS/c21-14(12-7-22-15(19-12)13-16-8-17-20-13)18-11-6-5-9-3-1-2-4-10(9)11/h1-4,7-8,11H,5-6H2,(H,18,21)(H,16,17,20). The van der Waals surface area contributed by atoms with E-state index in [1.807, 2.05) is 12.1 Å². The van der Waals surface area contributed by atoms with Gasteiger partial charge < -0.3 is 5.32 Å². The lowest BCUT2D eigenvalue weighted by atomic mass is 10.1. The van der Waals surface area contributed by atoms with Crippen LogP contribution >= 0.6 is 11.3 Å². The molecule has 2 N–H and O–H groups in total. The highest BCUT2D eigenvalue weighted by Crippen LogP contribution is 2.31. The molecular weight excluding hydrogens is 298 g/mol. The van der Waals surface area contributed by atoms with Gasteiger partial charge in [0.15, 0.2) is 10.8 Å². The van der Waals surface area contributed by atoms with E-state index in [0.29, 0.717) is 16.5 Å². The summed E-state index contributed by atoms with van der Waals surface area (Å²) in [5.41, 5.74) is 2.94. The predicted octanol–water partition coefficient (Wildman–Crippen LogP) is 2.35. The molecule has 0 radical (unpaired) electrons. The van der Waals surface area contributed by atoms with Crippen LogP contribution in [0.1, 0.15) is 34.1 Å². The first-order valence-electron chi connectivity index (χ1n) is 7.01. The van der Waals surface area contributed by atoms with Crippen molar-refractivity contribution in [3.63, 3.8) is 0 Å². The van der Waals surface area contributed by atoms with E-state index in [-0.39, 0.29) is 11.9 Å². The van der Waals surface area contributed by atoms with Gasteiger partial charge in [0, 0.05) is 5.38 Å². The minimum absolute atomic E-state index is 0.0686. The van der Waals surface area contributed by atoms with Crippen molar-refractivity contribution in [3.05, 3.63) is 52.8 Å². The van der Waals surface area contributed by atoms with Crippen molar-refractivity contribution in [2.75, 3.05) is 0 Å². The minimum atomic E-state index is -0.149. The lowest BCUT2D eigenvalue weighted by Crippen LogP contribution is -2.27. The Morgan fingerprint density at radius 3 is 3.14 bits per heavy atom. The Balaban J connectivity index is 1.52. The van der Waals surface area contributed by atoms with Gasteiger partial charge >= 0.3 is 0 Å². The Morgan fingerprint density at radius 1 is 1.36 bits per heavy atom. The summed E-state index contributed by atoms with van der Waals surface area (Å²) in [5, 5.41) is 12.0. The van der Waals surface area contributed by atoms with Crippen LogP contribution in [0.25, 0.3) is 10.8 Å². The molecule has 0 saturated carbocycles. The van der Waals surface area contributed by atoms with Crippen LogP contribution in [0, 0.1) is 0 Å². The second-order valence-electron chi connectivity index (χ2n) is 5.14. The third kappa shape index (κ3) is 2.29. The number of hydrogen-bond acceptors (Lipinski definition) is 5. The molecule has 0 bridgehead atoms. The van der Waals surface area contributed by atoms with Gasteiger partial charge in [-0.15, -0.1) is 11.3 Å². The number of rotatable bonds is 3. The van der Waals surface area contributed by atoms with E-state index in [0.717, 1.165) is 12.8 Å². The molecule has 7 heteroatoms. The van der Waals surface area contributed by atoms with E-state index in [1.165, 1.54) is 28.8 Å². The summed E-state index contributed by atoms with van der Waals surface area (Å²) >= 11 is 1.37. The number of aryl methyl sites for hydroxylation is 1. The number of carbonyl (C=O) groups is 1. The second-order valence-corrected chi connectivity index (χ2v) is 5.99. The fourth-order valence-electron chi connectivity index (χ4n) is 2.73. The van der Waals surface area contributed by atoms with Gasteiger partial charge in [-0.25, -0.2) is 9.97 Å². The SMILES string of the molecule is O=C(NC1CCc2ccccc21)c1csc(-c2ncn[nH]2)n1. The summed E-state index contributed by atoms with van der Waals surface area (Å²) in [5.74, 6) is 0.430. The summed E-state index contributed by atoms with van der Waals surface area (Å²) < 4.78 is 0. The number of fused-ring (bicyclic) bond motifs is 1. The first-order valence-corrected chi connectivity index (χ1v) is 7.89. The average molecular weight is 311 g/mol. The zero-order chi connectivity index (χ0) is 14.9. The zero-order valence-corrected chi connectivity index (χ0v) is 12.4. The molecule has 4 rings (SSSR count). The Morgan fingerprint density at radius 2 is 2.27 bits per heavy atom. The van der Waals surface area contributed by atoms with Crippen molar-refractivity contribution in [2.45, 2.75) is 18.9 Å². The van der Waals surface area contributed by atoms with Gasteiger partial charge in [0.2, 0.25) is 0 Å². The van der Waals surface area contributed by atoms with Gasteiger partial charge in [-0.2, -0.15) is 5.10 Å². The molecule has 6 nitrogen and oxygen atoms in total. The Bertz CT molecular complexity index is 811. The summed E-state index contributed by atoms with van der Waals surface area (Å²) in [4.78, 5) is 20.7. The molecule has 0 spiro atoms. The highest BCUT2D eigenvalue weighted by atomic mass is 32.1. The number of benzene rings is 1. The third-order valence-corrected chi connectivity index (χ3v) is 4.64. The molecule has 110 valence electrons. The molecule has 1 unspecified atom stereocenters. The molecule has 2 aromatic heterocycles. The molecule has 22 heavy (non-hydrogen) atoms. The van der Waals surface area contributed by atoms with Crippen LogP contribution in [0.5, 0.6) is 0 Å². The van der Waals surface area contributed by atoms with Gasteiger partial charge in [0.05, 0.1) is 6.04 Å². The maximum absolute atomic E-state index is 12.4. The number of amides is 1. The lowest BCUT2D eigenvalue weighted by Gasteiger charge is -2.12. The van der Waals surface area contributed by atoms with Crippen LogP contribution in [0.15, 0.2) is 36.0 Å². The van der Waals surface area contributed by atoms with E-state index >= 15 is 0 Å². The molecule has 1 aromatic carbocycles. The number of hydrogen-bond donors (Lipinski definition) is 2. The molecule has 0 fully saturated rings. The summed E-state index contributed by atoms with van der Waals surface area (Å²) in [7, 11) is 0. The van der Waals surface area contributed by atoms with Gasteiger partial charge in [0.25, 0.3) is 5.91 Å². The molecule has 2 heterocycles. The van der Waals surface area contributed by atoms with Crippen molar-refractivity contribution in [3.8, 4) is 10.8 Å². The average Bonchev–Trinajstić information content (AvgIpc) is 3.28. The van der Waals surface area contributed by atoms with Crippen LogP contribution in [0.3, 0.4) is 0 Å². The predicted molar refractivity (Wildman–Crippen MR) is 82.5 cm³/mol. The summed E-state index contributed by atoms with van der Waals surface area (Å²) in [6.07, 6.45) is 3.36. The van der Waals surface area contributed by atoms with Gasteiger partial charge in [-0.1, -0.05) is 24.3 Å². The Kier molecular flexibility index (Phi) is 3.19. The van der Waals surface area contributed by atoms with Crippen molar-refractivity contribution in [1.29, 1.82) is 0 Å². The largest absolute Gasteiger partial charge is 0.344 e. The third-order valence-electron chi connectivity index (χ3n) is 3.79. The normalized spacial score (nSPS) is 16.5. The van der Waals surface area contributed by atoms with Crippen LogP contribution in [0.2, 0.25) is 0 Å². The molecule has 0 aliphatic heterocycles.